The first-order valence-electron chi connectivity index (χ1n) is 11.3. The van der Waals surface area contributed by atoms with Crippen molar-refractivity contribution in [1.29, 1.82) is 0 Å². The number of halogens is 1. The van der Waals surface area contributed by atoms with Crippen LogP contribution in [0.4, 0.5) is 0 Å². The number of rotatable bonds is 9. The average Bonchev–Trinajstić information content (AvgIpc) is 3.17. The van der Waals surface area contributed by atoms with Gasteiger partial charge in [-0.15, -0.1) is 24.0 Å². The van der Waals surface area contributed by atoms with Gasteiger partial charge in [0.1, 0.15) is 0 Å². The van der Waals surface area contributed by atoms with Crippen LogP contribution < -0.4 is 5.32 Å². The van der Waals surface area contributed by atoms with Crippen LogP contribution in [0.3, 0.4) is 0 Å². The average molecular weight is 546 g/mol. The highest BCUT2D eigenvalue weighted by molar-refractivity contribution is 14.0. The molecule has 8 heteroatoms. The van der Waals surface area contributed by atoms with Gasteiger partial charge in [0.25, 0.3) is 0 Å². The monoisotopic (exact) mass is 546 g/mol. The Morgan fingerprint density at radius 3 is 2.74 bits per heavy atom. The first-order valence-corrected chi connectivity index (χ1v) is 11.3. The van der Waals surface area contributed by atoms with Crippen molar-refractivity contribution in [1.82, 2.24) is 15.1 Å². The van der Waals surface area contributed by atoms with Gasteiger partial charge in [-0.05, 0) is 18.4 Å². The highest BCUT2D eigenvalue weighted by Gasteiger charge is 2.41. The predicted molar refractivity (Wildman–Crippen MR) is 135 cm³/mol. The van der Waals surface area contributed by atoms with Crippen molar-refractivity contribution in [2.24, 2.45) is 10.9 Å². The highest BCUT2D eigenvalue weighted by atomic mass is 127. The summed E-state index contributed by atoms with van der Waals surface area (Å²) in [6, 6.07) is 11.0. The fourth-order valence-electron chi connectivity index (χ4n) is 4.06. The van der Waals surface area contributed by atoms with Gasteiger partial charge in [0.05, 0.1) is 38.0 Å². The zero-order valence-electron chi connectivity index (χ0n) is 19.1. The molecule has 3 unspecified atom stereocenters. The number of hydrogen-bond donors (Lipinski definition) is 2. The van der Waals surface area contributed by atoms with Crippen molar-refractivity contribution in [3.8, 4) is 0 Å². The molecular weight excluding hydrogens is 507 g/mol. The molecule has 2 fully saturated rings. The molecule has 1 aromatic carbocycles. The molecule has 31 heavy (non-hydrogen) atoms. The van der Waals surface area contributed by atoms with Crippen LogP contribution in [-0.2, 0) is 16.0 Å². The van der Waals surface area contributed by atoms with E-state index in [1.165, 1.54) is 5.56 Å². The second kappa shape index (κ2) is 13.6. The minimum absolute atomic E-state index is 0. The molecule has 0 spiro atoms. The summed E-state index contributed by atoms with van der Waals surface area (Å²) in [7, 11) is 0. The standard InChI is InChI=1S/C23H38N4O3.HI/c1-4-24-23(25-12-20(28)17-29-16-18(2)3)27-14-21-22(15-27)30-11-10-26(21)13-19-8-6-5-7-9-19;/h5-9,18,20-22,28H,4,10-17H2,1-3H3,(H,24,25);1H. The lowest BCUT2D eigenvalue weighted by Crippen LogP contribution is -2.50. The topological polar surface area (TPSA) is 69.6 Å². The fraction of sp³-hybridized carbons (Fsp3) is 0.696. The molecule has 3 atom stereocenters. The molecule has 2 aliphatic heterocycles. The summed E-state index contributed by atoms with van der Waals surface area (Å²) >= 11 is 0. The van der Waals surface area contributed by atoms with Crippen molar-refractivity contribution in [3.05, 3.63) is 35.9 Å². The first kappa shape index (κ1) is 26.3. The molecule has 3 rings (SSSR count). The number of hydrogen-bond acceptors (Lipinski definition) is 5. The maximum absolute atomic E-state index is 10.2. The minimum atomic E-state index is -0.590. The van der Waals surface area contributed by atoms with E-state index in [1.807, 2.05) is 0 Å². The molecule has 2 heterocycles. The van der Waals surface area contributed by atoms with Crippen molar-refractivity contribution >= 4 is 29.9 Å². The van der Waals surface area contributed by atoms with E-state index in [4.69, 9.17) is 9.47 Å². The zero-order chi connectivity index (χ0) is 21.3. The van der Waals surface area contributed by atoms with Gasteiger partial charge in [-0.2, -0.15) is 0 Å². The largest absolute Gasteiger partial charge is 0.389 e. The SMILES string of the molecule is CCNC(=NCC(O)COCC(C)C)N1CC2OCCN(Cc3ccccc3)C2C1.I. The Balaban J connectivity index is 0.00000341. The van der Waals surface area contributed by atoms with E-state index in [-0.39, 0.29) is 30.1 Å². The van der Waals surface area contributed by atoms with E-state index in [1.54, 1.807) is 0 Å². The van der Waals surface area contributed by atoms with Crippen LogP contribution in [0.25, 0.3) is 0 Å². The quantitative estimate of drug-likeness (QED) is 0.281. The molecule has 2 aliphatic rings. The van der Waals surface area contributed by atoms with E-state index in [0.29, 0.717) is 31.7 Å². The lowest BCUT2D eigenvalue weighted by Gasteiger charge is -2.36. The Bertz CT molecular complexity index is 661. The summed E-state index contributed by atoms with van der Waals surface area (Å²) in [5, 5.41) is 13.6. The highest BCUT2D eigenvalue weighted by Crippen LogP contribution is 2.24. The number of benzene rings is 1. The van der Waals surface area contributed by atoms with Crippen LogP contribution in [0.5, 0.6) is 0 Å². The van der Waals surface area contributed by atoms with Gasteiger partial charge in [0.15, 0.2) is 5.96 Å². The maximum Gasteiger partial charge on any atom is 0.194 e. The summed E-state index contributed by atoms with van der Waals surface area (Å²) in [6.07, 6.45) is -0.404. The number of ether oxygens (including phenoxy) is 2. The molecule has 2 saturated heterocycles. The van der Waals surface area contributed by atoms with E-state index in [0.717, 1.165) is 45.3 Å². The molecular formula is C23H39IN4O3. The van der Waals surface area contributed by atoms with Gasteiger partial charge in [-0.25, -0.2) is 0 Å². The molecule has 0 aromatic heterocycles. The number of nitrogens with one attached hydrogen (secondary N) is 1. The van der Waals surface area contributed by atoms with E-state index >= 15 is 0 Å². The zero-order valence-corrected chi connectivity index (χ0v) is 21.4. The molecule has 2 N–H and O–H groups in total. The number of aliphatic hydroxyl groups excluding tert-OH is 1. The number of morpholine rings is 1. The van der Waals surface area contributed by atoms with Crippen LogP contribution in [-0.4, -0.2) is 91.7 Å². The molecule has 0 radical (unpaired) electrons. The number of guanidine groups is 1. The van der Waals surface area contributed by atoms with Crippen LogP contribution >= 0.6 is 24.0 Å². The van der Waals surface area contributed by atoms with Crippen molar-refractivity contribution in [2.75, 3.05) is 52.5 Å². The van der Waals surface area contributed by atoms with Crippen LogP contribution in [0.2, 0.25) is 0 Å². The number of likely N-dealkylation sites (tertiary alicyclic amines) is 1. The summed E-state index contributed by atoms with van der Waals surface area (Å²) in [6.45, 7) is 12.7. The van der Waals surface area contributed by atoms with Crippen LogP contribution in [0.1, 0.15) is 26.3 Å². The van der Waals surface area contributed by atoms with Gasteiger partial charge in [-0.3, -0.25) is 9.89 Å². The second-order valence-electron chi connectivity index (χ2n) is 8.62. The molecule has 0 saturated carbocycles. The molecule has 176 valence electrons. The summed E-state index contributed by atoms with van der Waals surface area (Å²) in [4.78, 5) is 9.48. The van der Waals surface area contributed by atoms with Crippen molar-refractivity contribution in [2.45, 2.75) is 45.6 Å². The predicted octanol–water partition coefficient (Wildman–Crippen LogP) is 2.19. The molecule has 0 aliphatic carbocycles. The van der Waals surface area contributed by atoms with Gasteiger partial charge in [0.2, 0.25) is 0 Å². The number of aliphatic imine (C=N–C) groups is 1. The third-order valence-electron chi connectivity index (χ3n) is 5.49. The van der Waals surface area contributed by atoms with Crippen molar-refractivity contribution in [3.63, 3.8) is 0 Å². The number of nitrogens with zero attached hydrogens (tertiary/aromatic N) is 3. The third kappa shape index (κ3) is 8.16. The normalized spacial score (nSPS) is 22.9. The number of fused-ring (bicyclic) bond motifs is 1. The lowest BCUT2D eigenvalue weighted by molar-refractivity contribution is -0.0502. The van der Waals surface area contributed by atoms with Gasteiger partial charge >= 0.3 is 0 Å². The molecule has 0 bridgehead atoms. The van der Waals surface area contributed by atoms with Crippen LogP contribution in [0.15, 0.2) is 35.3 Å². The van der Waals surface area contributed by atoms with E-state index in [9.17, 15) is 5.11 Å². The van der Waals surface area contributed by atoms with Gasteiger partial charge < -0.3 is 24.8 Å². The Morgan fingerprint density at radius 2 is 2.03 bits per heavy atom. The Morgan fingerprint density at radius 1 is 1.26 bits per heavy atom. The minimum Gasteiger partial charge on any atom is -0.389 e. The first-order chi connectivity index (χ1) is 14.6. The summed E-state index contributed by atoms with van der Waals surface area (Å²) in [5.41, 5.74) is 1.33. The third-order valence-corrected chi connectivity index (χ3v) is 5.49. The molecule has 1 aromatic rings. The maximum atomic E-state index is 10.2. The molecule has 7 nitrogen and oxygen atoms in total. The van der Waals surface area contributed by atoms with Crippen LogP contribution in [0, 0.1) is 5.92 Å². The van der Waals surface area contributed by atoms with Crippen molar-refractivity contribution < 1.29 is 14.6 Å². The fourth-order valence-corrected chi connectivity index (χ4v) is 4.06. The second-order valence-corrected chi connectivity index (χ2v) is 8.62. The molecule has 0 amide bonds. The smallest absolute Gasteiger partial charge is 0.194 e. The van der Waals surface area contributed by atoms with Gasteiger partial charge in [-0.1, -0.05) is 44.2 Å². The van der Waals surface area contributed by atoms with E-state index < -0.39 is 6.10 Å². The van der Waals surface area contributed by atoms with Gasteiger partial charge in [0, 0.05) is 39.3 Å². The Hall–Kier alpha value is -0.940. The summed E-state index contributed by atoms with van der Waals surface area (Å²) < 4.78 is 11.6. The summed E-state index contributed by atoms with van der Waals surface area (Å²) in [5.74, 6) is 1.31. The van der Waals surface area contributed by atoms with E-state index in [2.05, 4.69) is 71.2 Å². The Labute approximate surface area is 204 Å². The number of aliphatic hydroxyl groups is 1. The Kier molecular flexibility index (Phi) is 11.5. The lowest BCUT2D eigenvalue weighted by atomic mass is 10.1.